The summed E-state index contributed by atoms with van der Waals surface area (Å²) < 4.78 is 117. The van der Waals surface area contributed by atoms with Gasteiger partial charge in [-0.1, -0.05) is 56.2 Å². The smallest absolute Gasteiger partial charge is 0.382 e. The van der Waals surface area contributed by atoms with Crippen LogP contribution in [0.2, 0.25) is 0 Å². The van der Waals surface area contributed by atoms with E-state index in [1.54, 1.807) is 35.4 Å². The minimum atomic E-state index is -6.12. The predicted octanol–water partition coefficient (Wildman–Crippen LogP) is 8.06. The summed E-state index contributed by atoms with van der Waals surface area (Å²) in [5.41, 5.74) is 0.117. The van der Waals surface area contributed by atoms with E-state index in [0.29, 0.717) is 106 Å². The molecule has 514 valence electrons. The van der Waals surface area contributed by atoms with Gasteiger partial charge in [-0.05, 0) is 134 Å². The molecular formula is C68H86F3N9O12S3. The third-order valence-electron chi connectivity index (χ3n) is 19.6. The summed E-state index contributed by atoms with van der Waals surface area (Å²) in [6.45, 7) is 18.0. The number of anilines is 3. The van der Waals surface area contributed by atoms with Gasteiger partial charge in [-0.25, -0.2) is 21.6 Å². The number of alkyl halides is 3. The number of halogens is 3. The predicted molar refractivity (Wildman–Crippen MR) is 355 cm³/mol. The maximum Gasteiger partial charge on any atom is 0.501 e. The van der Waals surface area contributed by atoms with Crippen molar-refractivity contribution < 1.29 is 68.2 Å². The largest absolute Gasteiger partial charge is 0.501 e. The number of nitrogens with zero attached hydrogens (tertiary/aromatic N) is 5. The molecule has 0 spiro atoms. The molecular weight excluding hydrogens is 1290 g/mol. The SMILES string of the molecule is CC1(C)CCC(CN2CCN(c3ccc(C(=O)NS(=O)(=O)c4ccc(N[C@H](CCN5CCN(CCOCCOCCOCCNc6cccc7c6C(=O)N(C6CCC(=O)NC6=O)C7=O)CC5)CSc5ccccc5)c(S(=O)(=O)C(F)(F)F)c4)cc3)CC2)=C(C23CC(C)(C2)C3)C1. The fraction of sp³-hybridized carbons (Fsp3) is 0.544. The number of hydrogen-bond acceptors (Lipinski definition) is 19. The van der Waals surface area contributed by atoms with Crippen LogP contribution in [-0.2, 0) is 43.7 Å². The number of nitrogens with one attached hydrogen (secondary N) is 4. The molecule has 21 nitrogen and oxygen atoms in total. The summed E-state index contributed by atoms with van der Waals surface area (Å²) in [4.78, 5) is 73.1. The quantitative estimate of drug-likeness (QED) is 0.0167. The zero-order valence-corrected chi connectivity index (χ0v) is 56.6. The Kier molecular flexibility index (Phi) is 21.6. The van der Waals surface area contributed by atoms with Gasteiger partial charge >= 0.3 is 5.51 Å². The number of benzene rings is 4. The highest BCUT2D eigenvalue weighted by Gasteiger charge is 2.67. The molecule has 3 saturated carbocycles. The summed E-state index contributed by atoms with van der Waals surface area (Å²) in [5, 5.41) is 8.38. The highest BCUT2D eigenvalue weighted by Crippen LogP contribution is 2.77. The van der Waals surface area contributed by atoms with Crippen LogP contribution in [0.4, 0.5) is 30.2 Å². The van der Waals surface area contributed by atoms with Gasteiger partial charge in [0.25, 0.3) is 37.6 Å². The summed E-state index contributed by atoms with van der Waals surface area (Å²) in [6.07, 6.45) is 8.01. The molecule has 95 heavy (non-hydrogen) atoms. The summed E-state index contributed by atoms with van der Waals surface area (Å²) >= 11 is 1.44. The lowest BCUT2D eigenvalue weighted by atomic mass is 9.33. The molecule has 8 aliphatic rings. The second-order valence-corrected chi connectivity index (χ2v) is 32.0. The summed E-state index contributed by atoms with van der Waals surface area (Å²) in [6, 6.07) is 21.5. The molecule has 4 N–H and O–H groups in total. The Balaban J connectivity index is 0.611. The van der Waals surface area contributed by atoms with Crippen LogP contribution in [0.25, 0.3) is 0 Å². The van der Waals surface area contributed by atoms with Crippen LogP contribution < -0.4 is 25.6 Å². The van der Waals surface area contributed by atoms with Crippen LogP contribution >= 0.6 is 11.8 Å². The molecule has 4 aromatic rings. The highest BCUT2D eigenvalue weighted by atomic mass is 32.2. The average molecular weight is 1370 g/mol. The van der Waals surface area contributed by atoms with Gasteiger partial charge in [0.15, 0.2) is 0 Å². The van der Waals surface area contributed by atoms with Crippen molar-refractivity contribution in [2.75, 3.05) is 139 Å². The van der Waals surface area contributed by atoms with Gasteiger partial charge in [-0.3, -0.25) is 44.0 Å². The Labute approximate surface area is 558 Å². The van der Waals surface area contributed by atoms with Crippen molar-refractivity contribution in [2.45, 2.75) is 111 Å². The second-order valence-electron chi connectivity index (χ2n) is 27.3. The lowest BCUT2D eigenvalue weighted by molar-refractivity contribution is -0.167. The van der Waals surface area contributed by atoms with Gasteiger partial charge in [0, 0.05) is 119 Å². The number of thioether (sulfide) groups is 1. The van der Waals surface area contributed by atoms with Crippen molar-refractivity contribution in [2.24, 2.45) is 16.2 Å². The van der Waals surface area contributed by atoms with E-state index in [-0.39, 0.29) is 36.1 Å². The summed E-state index contributed by atoms with van der Waals surface area (Å²) in [5.74, 6) is -3.00. The number of amides is 5. The maximum absolute atomic E-state index is 14.5. The van der Waals surface area contributed by atoms with E-state index in [1.807, 2.05) is 35.1 Å². The average Bonchev–Trinajstić information content (AvgIpc) is 1.11. The van der Waals surface area contributed by atoms with Crippen LogP contribution in [0.3, 0.4) is 0 Å². The molecule has 2 bridgehead atoms. The first-order chi connectivity index (χ1) is 45.3. The fourth-order valence-corrected chi connectivity index (χ4v) is 17.7. The normalized spacial score (nSPS) is 23.0. The third-order valence-corrected chi connectivity index (χ3v) is 23.7. The number of hydrogen-bond donors (Lipinski definition) is 4. The van der Waals surface area contributed by atoms with Gasteiger partial charge in [0.1, 0.15) is 10.9 Å². The number of imide groups is 2. The van der Waals surface area contributed by atoms with E-state index in [0.717, 1.165) is 79.8 Å². The Hall–Kier alpha value is -6.43. The first-order valence-corrected chi connectivity index (χ1v) is 36.8. The Morgan fingerprint density at radius 2 is 1.38 bits per heavy atom. The molecule has 4 heterocycles. The first-order valence-electron chi connectivity index (χ1n) is 32.8. The molecule has 6 fully saturated rings. The maximum atomic E-state index is 14.5. The molecule has 5 amide bonds. The number of piperidine rings is 1. The molecule has 12 rings (SSSR count). The topological polar surface area (TPSA) is 246 Å². The standard InChI is InChI=1S/C68H86F3N9O12S3/c1-65(2)22-20-48(54(41-65)67-44-66(3,45-67)46-67)42-78-29-31-79(32-30-78)50-14-12-47(13-15-50)61(82)75-95(88,89)52-16-17-55(58(40-52)94(86,87)68(69,70)71)73-49(43-93-51-8-5-4-6-9-51)21-24-76-25-27-77(28-26-76)33-35-91-37-39-92-38-36-90-34-23-72-56-11-7-10-53-60(56)64(85)80(63(53)84)57-18-19-59(81)74-62(57)83/h4-17,40,49,57,72-73H,18-39,41-46H2,1-3H3,(H,75,82)(H,74,81,83)/t49-,57?,66?,67?/m1/s1. The van der Waals surface area contributed by atoms with Crippen molar-refractivity contribution >= 4 is 78.2 Å². The number of sulfone groups is 1. The monoisotopic (exact) mass is 1370 g/mol. The van der Waals surface area contributed by atoms with E-state index in [1.165, 1.54) is 62.1 Å². The summed E-state index contributed by atoms with van der Waals surface area (Å²) in [7, 11) is -11.0. The molecule has 4 aliphatic heterocycles. The lowest BCUT2D eigenvalue weighted by Gasteiger charge is -2.72. The lowest BCUT2D eigenvalue weighted by Crippen LogP contribution is -2.61. The van der Waals surface area contributed by atoms with Crippen molar-refractivity contribution in [3.63, 3.8) is 0 Å². The van der Waals surface area contributed by atoms with E-state index >= 15 is 0 Å². The Morgan fingerprint density at radius 1 is 0.726 bits per heavy atom. The van der Waals surface area contributed by atoms with Crippen molar-refractivity contribution in [1.82, 2.24) is 29.6 Å². The van der Waals surface area contributed by atoms with E-state index in [4.69, 9.17) is 14.2 Å². The van der Waals surface area contributed by atoms with Gasteiger partial charge in [-0.2, -0.15) is 13.2 Å². The number of allylic oxidation sites excluding steroid dienone is 1. The third kappa shape index (κ3) is 16.4. The number of sulfonamides is 1. The van der Waals surface area contributed by atoms with Crippen LogP contribution in [0.5, 0.6) is 0 Å². The van der Waals surface area contributed by atoms with Crippen molar-refractivity contribution in [3.05, 3.63) is 119 Å². The number of carbonyl (C=O) groups is 5. The Bertz CT molecular complexity index is 3730. The number of fused-ring (bicyclic) bond motifs is 1. The van der Waals surface area contributed by atoms with E-state index in [2.05, 4.69) is 56.3 Å². The molecule has 0 aromatic heterocycles. The molecule has 4 aliphatic carbocycles. The number of piperazine rings is 2. The van der Waals surface area contributed by atoms with Crippen LogP contribution in [0.1, 0.15) is 110 Å². The van der Waals surface area contributed by atoms with E-state index < -0.39 is 82.5 Å². The highest BCUT2D eigenvalue weighted by molar-refractivity contribution is 7.99. The molecule has 4 aromatic carbocycles. The molecule has 0 radical (unpaired) electrons. The first kappa shape index (κ1) is 69.9. The molecule has 2 atom stereocenters. The minimum absolute atomic E-state index is 0.00204. The van der Waals surface area contributed by atoms with Crippen LogP contribution in [-0.4, -0.2) is 207 Å². The second kappa shape index (κ2) is 29.3. The fourth-order valence-electron chi connectivity index (χ4n) is 14.7. The van der Waals surface area contributed by atoms with Gasteiger partial charge in [0.2, 0.25) is 11.8 Å². The van der Waals surface area contributed by atoms with Crippen LogP contribution in [0, 0.1) is 16.2 Å². The van der Waals surface area contributed by atoms with Gasteiger partial charge in [0.05, 0.1) is 61.4 Å². The molecule has 27 heteroatoms. The van der Waals surface area contributed by atoms with Crippen molar-refractivity contribution in [3.8, 4) is 0 Å². The van der Waals surface area contributed by atoms with Gasteiger partial charge < -0.3 is 34.6 Å². The van der Waals surface area contributed by atoms with Crippen molar-refractivity contribution in [1.29, 1.82) is 0 Å². The number of carbonyl (C=O) groups excluding carboxylic acids is 5. The zero-order valence-electron chi connectivity index (χ0n) is 54.1. The van der Waals surface area contributed by atoms with Gasteiger partial charge in [-0.15, -0.1) is 11.8 Å². The molecule has 3 saturated heterocycles. The van der Waals surface area contributed by atoms with E-state index in [9.17, 15) is 54.0 Å². The molecule has 1 unspecified atom stereocenters. The Morgan fingerprint density at radius 3 is 2.04 bits per heavy atom. The zero-order chi connectivity index (χ0) is 67.3. The number of rotatable bonds is 30. The van der Waals surface area contributed by atoms with Crippen LogP contribution in [0.15, 0.2) is 117 Å². The minimum Gasteiger partial charge on any atom is -0.382 e. The number of ether oxygens (including phenoxy) is 3.